The van der Waals surface area contributed by atoms with E-state index in [1.807, 2.05) is 0 Å². The Morgan fingerprint density at radius 3 is 2.25 bits per heavy atom. The van der Waals surface area contributed by atoms with E-state index in [0.717, 1.165) is 10.1 Å². The number of aliphatic hydroxyl groups excluding tert-OH is 1. The van der Waals surface area contributed by atoms with Gasteiger partial charge in [-0.2, -0.15) is 13.2 Å². The van der Waals surface area contributed by atoms with Crippen molar-refractivity contribution in [2.24, 2.45) is 4.99 Å². The van der Waals surface area contributed by atoms with Crippen LogP contribution in [-0.2, 0) is 11.2 Å². The van der Waals surface area contributed by atoms with Gasteiger partial charge >= 0.3 is 18.0 Å². The number of allylic oxidation sites excluding steroid dienone is 1. The summed E-state index contributed by atoms with van der Waals surface area (Å²) >= 11 is 0. The van der Waals surface area contributed by atoms with E-state index in [0.29, 0.717) is 4.90 Å². The maximum Gasteiger partial charge on any atom is 0.460 e. The first-order valence-corrected chi connectivity index (χ1v) is 8.25. The lowest BCUT2D eigenvalue weighted by Crippen LogP contribution is -2.54. The third kappa shape index (κ3) is 3.93. The molecule has 0 atom stereocenters. The van der Waals surface area contributed by atoms with Gasteiger partial charge in [-0.05, 0) is 24.1 Å². The molecule has 3 rings (SSSR count). The standard InChI is InChI=1S/C19H14F3N3O3/c20-19(21,22)15(26)14-16(24-10-5-2-6-11-24)23-18(28)25(17(14)27)12-9-13-7-3-1-4-8-13/h1-8,10-11H,9,12H2/p+1. The van der Waals surface area contributed by atoms with E-state index in [1.54, 1.807) is 36.4 Å². The summed E-state index contributed by atoms with van der Waals surface area (Å²) < 4.78 is 40.5. The van der Waals surface area contributed by atoms with Gasteiger partial charge in [-0.15, -0.1) is 0 Å². The van der Waals surface area contributed by atoms with Crippen molar-refractivity contribution in [3.05, 3.63) is 77.8 Å². The van der Waals surface area contributed by atoms with E-state index in [-0.39, 0.29) is 13.0 Å². The number of aliphatic hydroxyl groups is 1. The minimum Gasteiger partial charge on any atom is -0.503 e. The minimum absolute atomic E-state index is 0.174. The second-order valence-electron chi connectivity index (χ2n) is 5.91. The maximum atomic E-state index is 13.1. The van der Waals surface area contributed by atoms with Gasteiger partial charge in [-0.3, -0.25) is 4.79 Å². The Labute approximate surface area is 157 Å². The first-order chi connectivity index (χ1) is 13.3. The van der Waals surface area contributed by atoms with Crippen LogP contribution >= 0.6 is 0 Å². The molecule has 3 amide bonds. The van der Waals surface area contributed by atoms with Gasteiger partial charge in [-0.1, -0.05) is 36.4 Å². The van der Waals surface area contributed by atoms with Crippen molar-refractivity contribution < 1.29 is 32.4 Å². The molecule has 0 aliphatic carbocycles. The molecule has 6 nitrogen and oxygen atoms in total. The average Bonchev–Trinajstić information content (AvgIpc) is 2.67. The van der Waals surface area contributed by atoms with Gasteiger partial charge in [0.25, 0.3) is 5.91 Å². The smallest absolute Gasteiger partial charge is 0.460 e. The Kier molecular flexibility index (Phi) is 5.25. The Hall–Kier alpha value is -3.49. The molecule has 144 valence electrons. The van der Waals surface area contributed by atoms with Gasteiger partial charge in [0, 0.05) is 11.5 Å². The van der Waals surface area contributed by atoms with Crippen LogP contribution in [0.5, 0.6) is 0 Å². The topological polar surface area (TPSA) is 73.9 Å². The van der Waals surface area contributed by atoms with Crippen molar-refractivity contribution >= 4 is 17.8 Å². The third-order valence-corrected chi connectivity index (χ3v) is 4.05. The third-order valence-electron chi connectivity index (χ3n) is 4.05. The molecule has 0 fully saturated rings. The van der Waals surface area contributed by atoms with E-state index < -0.39 is 35.3 Å². The summed E-state index contributed by atoms with van der Waals surface area (Å²) in [4.78, 5) is 29.3. The number of imide groups is 1. The number of pyridine rings is 1. The highest BCUT2D eigenvalue weighted by Gasteiger charge is 2.49. The first-order valence-electron chi connectivity index (χ1n) is 8.25. The number of benzene rings is 1. The van der Waals surface area contributed by atoms with Crippen LogP contribution in [0.15, 0.2) is 77.2 Å². The monoisotopic (exact) mass is 390 g/mol. The number of hydrogen-bond acceptors (Lipinski definition) is 3. The molecule has 0 saturated carbocycles. The lowest BCUT2D eigenvalue weighted by molar-refractivity contribution is -0.554. The van der Waals surface area contributed by atoms with Crippen LogP contribution in [0.2, 0.25) is 0 Å². The second-order valence-corrected chi connectivity index (χ2v) is 5.91. The number of halogens is 3. The van der Waals surface area contributed by atoms with Gasteiger partial charge in [0.15, 0.2) is 5.57 Å². The highest BCUT2D eigenvalue weighted by Crippen LogP contribution is 2.28. The van der Waals surface area contributed by atoms with E-state index in [1.165, 1.54) is 24.5 Å². The fraction of sp³-hybridized carbons (Fsp3) is 0.158. The number of aliphatic imine (C=N–C) groups is 1. The van der Waals surface area contributed by atoms with Crippen molar-refractivity contribution in [3.63, 3.8) is 0 Å². The van der Waals surface area contributed by atoms with Crippen LogP contribution in [0.1, 0.15) is 5.56 Å². The molecule has 0 bridgehead atoms. The number of urea groups is 1. The molecule has 1 aromatic carbocycles. The van der Waals surface area contributed by atoms with E-state index in [9.17, 15) is 27.9 Å². The van der Waals surface area contributed by atoms with Gasteiger partial charge in [0.05, 0.1) is 12.4 Å². The number of amides is 3. The van der Waals surface area contributed by atoms with Crippen molar-refractivity contribution in [3.8, 4) is 0 Å². The van der Waals surface area contributed by atoms with Gasteiger partial charge < -0.3 is 5.11 Å². The number of carbonyl (C=O) groups excluding carboxylic acids is 2. The van der Waals surface area contributed by atoms with Crippen LogP contribution in [0.3, 0.4) is 0 Å². The van der Waals surface area contributed by atoms with Crippen molar-refractivity contribution in [2.45, 2.75) is 12.6 Å². The Balaban J connectivity index is 2.02. The number of hydrogen-bond donors (Lipinski definition) is 1. The summed E-state index contributed by atoms with van der Waals surface area (Å²) in [5.41, 5.74) is -0.280. The number of rotatable bonds is 3. The molecule has 2 heterocycles. The molecule has 0 spiro atoms. The van der Waals surface area contributed by atoms with E-state index in [4.69, 9.17) is 0 Å². The lowest BCUT2D eigenvalue weighted by Gasteiger charge is -2.21. The Morgan fingerprint density at radius 1 is 1.04 bits per heavy atom. The minimum atomic E-state index is -5.17. The van der Waals surface area contributed by atoms with Crippen LogP contribution in [-0.4, -0.2) is 40.5 Å². The normalized spacial score (nSPS) is 16.8. The number of nitrogens with zero attached hydrogens (tertiary/aromatic N) is 3. The summed E-state index contributed by atoms with van der Waals surface area (Å²) in [5.74, 6) is -3.93. The molecule has 0 saturated heterocycles. The molecule has 28 heavy (non-hydrogen) atoms. The van der Waals surface area contributed by atoms with E-state index >= 15 is 0 Å². The maximum absolute atomic E-state index is 13.1. The summed E-state index contributed by atoms with van der Waals surface area (Å²) in [5, 5.41) is 9.70. The summed E-state index contributed by atoms with van der Waals surface area (Å²) in [6.07, 6.45) is -2.29. The lowest BCUT2D eigenvalue weighted by atomic mass is 10.1. The molecule has 0 radical (unpaired) electrons. The zero-order chi connectivity index (χ0) is 20.3. The second kappa shape index (κ2) is 7.63. The van der Waals surface area contributed by atoms with Gasteiger partial charge in [0.2, 0.25) is 5.76 Å². The molecule has 2 aromatic rings. The Morgan fingerprint density at radius 2 is 1.64 bits per heavy atom. The molecule has 1 aliphatic rings. The van der Waals surface area contributed by atoms with Crippen LogP contribution in [0, 0.1) is 0 Å². The molecule has 0 unspecified atom stereocenters. The fourth-order valence-electron chi connectivity index (χ4n) is 2.68. The zero-order valence-electron chi connectivity index (χ0n) is 14.4. The number of aromatic nitrogens is 1. The molecular weight excluding hydrogens is 375 g/mol. The van der Waals surface area contributed by atoms with Gasteiger partial charge in [0.1, 0.15) is 0 Å². The molecule has 1 aromatic heterocycles. The number of carbonyl (C=O) groups is 2. The zero-order valence-corrected chi connectivity index (χ0v) is 14.4. The van der Waals surface area contributed by atoms with Gasteiger partial charge in [-0.25, -0.2) is 14.3 Å². The van der Waals surface area contributed by atoms with Crippen LogP contribution < -0.4 is 4.57 Å². The van der Waals surface area contributed by atoms with Crippen LogP contribution in [0.4, 0.5) is 18.0 Å². The Bertz CT molecular complexity index is 955. The molecule has 1 N–H and O–H groups in total. The molecular formula is C19H15F3N3O3+. The van der Waals surface area contributed by atoms with Crippen LogP contribution in [0.25, 0.3) is 0 Å². The SMILES string of the molecule is O=C1N=C([n+]2ccccc2)/C(=C(\O)C(F)(F)F)C(=O)N1CCc1ccccc1. The van der Waals surface area contributed by atoms with Crippen molar-refractivity contribution in [1.29, 1.82) is 0 Å². The molecule has 9 heteroatoms. The fourth-order valence-corrected chi connectivity index (χ4v) is 2.68. The first kappa shape index (κ1) is 19.3. The predicted molar refractivity (Wildman–Crippen MR) is 92.4 cm³/mol. The van der Waals surface area contributed by atoms with Crippen molar-refractivity contribution in [2.75, 3.05) is 6.54 Å². The highest BCUT2D eigenvalue weighted by atomic mass is 19.4. The molecule has 1 aliphatic heterocycles. The largest absolute Gasteiger partial charge is 0.503 e. The summed E-state index contributed by atoms with van der Waals surface area (Å²) in [7, 11) is 0. The predicted octanol–water partition coefficient (Wildman–Crippen LogP) is 2.80. The summed E-state index contributed by atoms with van der Waals surface area (Å²) in [6.45, 7) is -0.174. The summed E-state index contributed by atoms with van der Waals surface area (Å²) in [6, 6.07) is 12.4. The average molecular weight is 390 g/mol. The van der Waals surface area contributed by atoms with E-state index in [2.05, 4.69) is 4.99 Å². The van der Waals surface area contributed by atoms with Crippen molar-refractivity contribution in [1.82, 2.24) is 4.90 Å². The quantitative estimate of drug-likeness (QED) is 0.498. The number of alkyl halides is 3. The highest BCUT2D eigenvalue weighted by molar-refractivity contribution is 6.26.